The molecule has 1 unspecified atom stereocenters. The van der Waals surface area contributed by atoms with E-state index < -0.39 is 0 Å². The van der Waals surface area contributed by atoms with Crippen molar-refractivity contribution < 1.29 is 0 Å². The van der Waals surface area contributed by atoms with E-state index in [9.17, 15) is 0 Å². The minimum absolute atomic E-state index is 0.397. The van der Waals surface area contributed by atoms with Gasteiger partial charge in [0.2, 0.25) is 0 Å². The summed E-state index contributed by atoms with van der Waals surface area (Å²) in [6, 6.07) is 1.69. The van der Waals surface area contributed by atoms with Crippen LogP contribution in [0.25, 0.3) is 0 Å². The summed E-state index contributed by atoms with van der Waals surface area (Å²) >= 11 is 5.69. The second-order valence-electron chi connectivity index (χ2n) is 2.55. The molecule has 1 heterocycles. The van der Waals surface area contributed by atoms with Gasteiger partial charge in [0.05, 0.1) is 0 Å². The second-order valence-corrected chi connectivity index (χ2v) is 2.93. The second kappa shape index (κ2) is 3.67. The highest BCUT2D eigenvalue weighted by atomic mass is 35.5. The average Bonchev–Trinajstić information content (AvgIpc) is 2.03. The van der Waals surface area contributed by atoms with E-state index >= 15 is 0 Å². The Labute approximate surface area is 71.6 Å². The molecule has 0 N–H and O–H groups in total. The summed E-state index contributed by atoms with van der Waals surface area (Å²) < 4.78 is 0. The van der Waals surface area contributed by atoms with E-state index in [-0.39, 0.29) is 0 Å². The van der Waals surface area contributed by atoms with E-state index in [1.807, 2.05) is 0 Å². The van der Waals surface area contributed by atoms with Gasteiger partial charge in [-0.25, -0.2) is 9.97 Å². The molecular formula is C8H11ClN2. The van der Waals surface area contributed by atoms with Gasteiger partial charge in [-0.15, -0.1) is 0 Å². The molecule has 11 heavy (non-hydrogen) atoms. The quantitative estimate of drug-likeness (QED) is 0.638. The predicted molar refractivity (Wildman–Crippen MR) is 45.7 cm³/mol. The van der Waals surface area contributed by atoms with Crippen molar-refractivity contribution in [3.63, 3.8) is 0 Å². The monoisotopic (exact) mass is 170 g/mol. The molecule has 0 aliphatic heterocycles. The van der Waals surface area contributed by atoms with Crippen LogP contribution in [0, 0.1) is 0 Å². The standard InChI is InChI=1S/C8H11ClN2/c1-3-6(2)8-10-5-4-7(9)11-8/h4-6H,3H2,1-2H3. The zero-order valence-corrected chi connectivity index (χ0v) is 7.47. The molecule has 3 heteroatoms. The van der Waals surface area contributed by atoms with Gasteiger partial charge in [-0.1, -0.05) is 25.4 Å². The van der Waals surface area contributed by atoms with Gasteiger partial charge < -0.3 is 0 Å². The van der Waals surface area contributed by atoms with Gasteiger partial charge in [0.25, 0.3) is 0 Å². The molecule has 60 valence electrons. The van der Waals surface area contributed by atoms with Crippen LogP contribution in [0.4, 0.5) is 0 Å². The Balaban J connectivity index is 2.86. The van der Waals surface area contributed by atoms with E-state index in [2.05, 4.69) is 23.8 Å². The van der Waals surface area contributed by atoms with Crippen molar-refractivity contribution in [3.8, 4) is 0 Å². The SMILES string of the molecule is CCC(C)c1nccc(Cl)n1. The Morgan fingerprint density at radius 3 is 2.91 bits per heavy atom. The lowest BCUT2D eigenvalue weighted by molar-refractivity contribution is 0.678. The van der Waals surface area contributed by atoms with Crippen LogP contribution < -0.4 is 0 Å². The van der Waals surface area contributed by atoms with Crippen LogP contribution in [0.2, 0.25) is 5.15 Å². The molecular weight excluding hydrogens is 160 g/mol. The summed E-state index contributed by atoms with van der Waals surface area (Å²) in [6.07, 6.45) is 2.73. The number of halogens is 1. The van der Waals surface area contributed by atoms with E-state index in [0.29, 0.717) is 11.1 Å². The number of aromatic nitrogens is 2. The normalized spacial score (nSPS) is 13.0. The van der Waals surface area contributed by atoms with Crippen LogP contribution in [-0.2, 0) is 0 Å². The zero-order valence-electron chi connectivity index (χ0n) is 6.71. The molecule has 1 rings (SSSR count). The summed E-state index contributed by atoms with van der Waals surface area (Å²) in [4.78, 5) is 8.21. The number of rotatable bonds is 2. The fourth-order valence-electron chi connectivity index (χ4n) is 0.771. The summed E-state index contributed by atoms with van der Waals surface area (Å²) in [5.41, 5.74) is 0. The zero-order chi connectivity index (χ0) is 8.27. The summed E-state index contributed by atoms with van der Waals surface area (Å²) in [6.45, 7) is 4.20. The van der Waals surface area contributed by atoms with E-state index in [4.69, 9.17) is 11.6 Å². The highest BCUT2D eigenvalue weighted by molar-refractivity contribution is 6.29. The van der Waals surface area contributed by atoms with Gasteiger partial charge in [-0.3, -0.25) is 0 Å². The lowest BCUT2D eigenvalue weighted by Crippen LogP contribution is -1.98. The van der Waals surface area contributed by atoms with E-state index in [0.717, 1.165) is 12.2 Å². The lowest BCUT2D eigenvalue weighted by atomic mass is 10.1. The van der Waals surface area contributed by atoms with Crippen LogP contribution in [0.15, 0.2) is 12.3 Å². The first kappa shape index (κ1) is 8.47. The van der Waals surface area contributed by atoms with Gasteiger partial charge >= 0.3 is 0 Å². The largest absolute Gasteiger partial charge is 0.241 e. The molecule has 0 spiro atoms. The maximum absolute atomic E-state index is 5.69. The van der Waals surface area contributed by atoms with Gasteiger partial charge in [0.15, 0.2) is 0 Å². The summed E-state index contributed by atoms with van der Waals surface area (Å²) in [5.74, 6) is 1.23. The topological polar surface area (TPSA) is 25.8 Å². The third-order valence-corrected chi connectivity index (χ3v) is 1.90. The fraction of sp³-hybridized carbons (Fsp3) is 0.500. The molecule has 0 amide bonds. The Kier molecular flexibility index (Phi) is 2.83. The molecule has 0 radical (unpaired) electrons. The van der Waals surface area contributed by atoms with Crippen molar-refractivity contribution in [2.45, 2.75) is 26.2 Å². The number of nitrogens with zero attached hydrogens (tertiary/aromatic N) is 2. The summed E-state index contributed by atoms with van der Waals surface area (Å²) in [7, 11) is 0. The molecule has 1 atom stereocenters. The molecule has 0 saturated heterocycles. The Morgan fingerprint density at radius 2 is 2.36 bits per heavy atom. The molecule has 1 aromatic rings. The van der Waals surface area contributed by atoms with E-state index in [1.165, 1.54) is 0 Å². The van der Waals surface area contributed by atoms with Gasteiger partial charge in [0, 0.05) is 12.1 Å². The first-order chi connectivity index (χ1) is 5.24. The molecule has 0 aliphatic carbocycles. The van der Waals surface area contributed by atoms with Crippen molar-refractivity contribution in [2.24, 2.45) is 0 Å². The maximum Gasteiger partial charge on any atom is 0.132 e. The highest BCUT2D eigenvalue weighted by Gasteiger charge is 2.05. The lowest BCUT2D eigenvalue weighted by Gasteiger charge is -2.05. The van der Waals surface area contributed by atoms with Crippen molar-refractivity contribution in [1.82, 2.24) is 9.97 Å². The molecule has 0 saturated carbocycles. The Morgan fingerprint density at radius 1 is 1.64 bits per heavy atom. The van der Waals surface area contributed by atoms with Gasteiger partial charge in [-0.05, 0) is 12.5 Å². The minimum atomic E-state index is 0.397. The molecule has 0 fully saturated rings. The molecule has 0 bridgehead atoms. The first-order valence-corrected chi connectivity index (χ1v) is 4.10. The van der Waals surface area contributed by atoms with Crippen LogP contribution in [0.3, 0.4) is 0 Å². The van der Waals surface area contributed by atoms with Crippen LogP contribution in [0.1, 0.15) is 32.0 Å². The van der Waals surface area contributed by atoms with Crippen molar-refractivity contribution in [2.75, 3.05) is 0 Å². The maximum atomic E-state index is 5.69. The first-order valence-electron chi connectivity index (χ1n) is 3.72. The van der Waals surface area contributed by atoms with Crippen LogP contribution in [-0.4, -0.2) is 9.97 Å². The van der Waals surface area contributed by atoms with Crippen molar-refractivity contribution in [3.05, 3.63) is 23.2 Å². The van der Waals surface area contributed by atoms with Crippen molar-refractivity contribution >= 4 is 11.6 Å². The van der Waals surface area contributed by atoms with Crippen LogP contribution in [0.5, 0.6) is 0 Å². The Hall–Kier alpha value is -0.630. The third kappa shape index (κ3) is 2.15. The number of hydrogen-bond acceptors (Lipinski definition) is 2. The molecule has 1 aromatic heterocycles. The molecule has 0 aromatic carbocycles. The third-order valence-electron chi connectivity index (χ3n) is 1.69. The highest BCUT2D eigenvalue weighted by Crippen LogP contribution is 2.14. The van der Waals surface area contributed by atoms with Crippen LogP contribution >= 0.6 is 11.6 Å². The minimum Gasteiger partial charge on any atom is -0.241 e. The molecule has 2 nitrogen and oxygen atoms in total. The Bertz CT molecular complexity index is 237. The molecule has 0 aliphatic rings. The van der Waals surface area contributed by atoms with Gasteiger partial charge in [0.1, 0.15) is 11.0 Å². The smallest absolute Gasteiger partial charge is 0.132 e. The van der Waals surface area contributed by atoms with E-state index in [1.54, 1.807) is 12.3 Å². The fourth-order valence-corrected chi connectivity index (χ4v) is 0.914. The number of hydrogen-bond donors (Lipinski definition) is 0. The average molecular weight is 171 g/mol. The predicted octanol–water partition coefficient (Wildman–Crippen LogP) is 2.64. The summed E-state index contributed by atoms with van der Waals surface area (Å²) in [5, 5.41) is 0.523. The van der Waals surface area contributed by atoms with Gasteiger partial charge in [-0.2, -0.15) is 0 Å². The van der Waals surface area contributed by atoms with Crippen molar-refractivity contribution in [1.29, 1.82) is 0 Å².